The Balaban J connectivity index is 2.52. The Hall–Kier alpha value is -1.44. The van der Waals surface area contributed by atoms with Crippen molar-refractivity contribution in [1.29, 1.82) is 0 Å². The summed E-state index contributed by atoms with van der Waals surface area (Å²) in [6.07, 6.45) is 1.73. The molecule has 0 aliphatic rings. The predicted octanol–water partition coefficient (Wildman–Crippen LogP) is 3.32. The third kappa shape index (κ3) is 3.00. The van der Waals surface area contributed by atoms with Crippen LogP contribution in [0.25, 0.3) is 11.4 Å². The van der Waals surface area contributed by atoms with Crippen molar-refractivity contribution in [3.8, 4) is 17.3 Å². The van der Waals surface area contributed by atoms with Gasteiger partial charge in [-0.2, -0.15) is 0 Å². The van der Waals surface area contributed by atoms with Crippen LogP contribution in [0, 0.1) is 3.57 Å². The second-order valence-corrected chi connectivity index (χ2v) is 5.67. The van der Waals surface area contributed by atoms with E-state index >= 15 is 0 Å². The number of ether oxygens (including phenoxy) is 1. The van der Waals surface area contributed by atoms with Crippen LogP contribution >= 0.6 is 22.6 Å². The van der Waals surface area contributed by atoms with Crippen molar-refractivity contribution in [3.05, 3.63) is 27.6 Å². The van der Waals surface area contributed by atoms with E-state index in [-0.39, 0.29) is 0 Å². The van der Waals surface area contributed by atoms with Gasteiger partial charge in [-0.25, -0.2) is 15.0 Å². The molecule has 106 valence electrons. The third-order valence-electron chi connectivity index (χ3n) is 2.86. The lowest BCUT2D eigenvalue weighted by Gasteiger charge is -2.13. The number of hydrogen-bond donors (Lipinski definition) is 1. The van der Waals surface area contributed by atoms with Gasteiger partial charge in [0.25, 0.3) is 0 Å². The number of hydrogen-bond acceptors (Lipinski definition) is 5. The van der Waals surface area contributed by atoms with Crippen molar-refractivity contribution in [2.45, 2.75) is 19.8 Å². The molecule has 0 spiro atoms. The summed E-state index contributed by atoms with van der Waals surface area (Å²) >= 11 is 2.28. The van der Waals surface area contributed by atoms with Crippen LogP contribution in [-0.4, -0.2) is 29.1 Å². The Kier molecular flexibility index (Phi) is 4.74. The molecule has 0 saturated carbocycles. The van der Waals surface area contributed by atoms with E-state index in [9.17, 15) is 0 Å². The highest BCUT2D eigenvalue weighted by atomic mass is 127. The molecule has 0 atom stereocenters. The van der Waals surface area contributed by atoms with Crippen LogP contribution in [0.1, 0.15) is 25.5 Å². The molecule has 2 aromatic heterocycles. The largest absolute Gasteiger partial charge is 0.481 e. The summed E-state index contributed by atoms with van der Waals surface area (Å²) in [7, 11) is 3.46. The first-order chi connectivity index (χ1) is 9.56. The van der Waals surface area contributed by atoms with Crippen molar-refractivity contribution < 1.29 is 4.74 Å². The topological polar surface area (TPSA) is 59.9 Å². The molecule has 0 aliphatic carbocycles. The molecule has 1 N–H and O–H groups in total. The van der Waals surface area contributed by atoms with Crippen LogP contribution in [0.3, 0.4) is 0 Å². The molecule has 2 aromatic rings. The van der Waals surface area contributed by atoms with E-state index in [1.165, 1.54) is 0 Å². The van der Waals surface area contributed by atoms with E-state index in [1.807, 2.05) is 19.2 Å². The Labute approximate surface area is 132 Å². The number of nitrogens with one attached hydrogen (secondary N) is 1. The highest BCUT2D eigenvalue weighted by molar-refractivity contribution is 14.1. The lowest BCUT2D eigenvalue weighted by molar-refractivity contribution is 0.398. The van der Waals surface area contributed by atoms with Crippen LogP contribution in [-0.2, 0) is 0 Å². The zero-order valence-corrected chi connectivity index (χ0v) is 14.1. The maximum atomic E-state index is 5.07. The van der Waals surface area contributed by atoms with E-state index < -0.39 is 0 Å². The molecule has 0 unspecified atom stereocenters. The van der Waals surface area contributed by atoms with Gasteiger partial charge in [0.05, 0.1) is 16.4 Å². The maximum absolute atomic E-state index is 5.07. The summed E-state index contributed by atoms with van der Waals surface area (Å²) in [4.78, 5) is 13.4. The molecule has 2 rings (SSSR count). The van der Waals surface area contributed by atoms with E-state index in [0.717, 1.165) is 20.6 Å². The summed E-state index contributed by atoms with van der Waals surface area (Å²) in [5, 5.41) is 3.12. The molecule has 20 heavy (non-hydrogen) atoms. The number of methoxy groups -OCH3 is 1. The maximum Gasteiger partial charge on any atom is 0.212 e. The van der Waals surface area contributed by atoms with Crippen LogP contribution in [0.15, 0.2) is 18.3 Å². The highest BCUT2D eigenvalue weighted by Crippen LogP contribution is 2.28. The molecule has 2 heterocycles. The minimum atomic E-state index is 0.335. The Morgan fingerprint density at radius 3 is 2.50 bits per heavy atom. The molecular weight excluding hydrogens is 367 g/mol. The lowest BCUT2D eigenvalue weighted by Crippen LogP contribution is -2.06. The van der Waals surface area contributed by atoms with Crippen molar-refractivity contribution in [2.75, 3.05) is 19.5 Å². The molecule has 0 aliphatic heterocycles. The zero-order chi connectivity index (χ0) is 14.7. The van der Waals surface area contributed by atoms with Crippen molar-refractivity contribution >= 4 is 28.4 Å². The van der Waals surface area contributed by atoms with Gasteiger partial charge in [0, 0.05) is 24.9 Å². The van der Waals surface area contributed by atoms with Gasteiger partial charge in [-0.1, -0.05) is 13.8 Å². The van der Waals surface area contributed by atoms with Crippen LogP contribution in [0.5, 0.6) is 5.88 Å². The van der Waals surface area contributed by atoms with Gasteiger partial charge in [0.1, 0.15) is 5.82 Å². The second-order valence-electron chi connectivity index (χ2n) is 4.59. The molecule has 0 saturated heterocycles. The lowest BCUT2D eigenvalue weighted by atomic mass is 10.1. The normalized spacial score (nSPS) is 10.7. The van der Waals surface area contributed by atoms with Gasteiger partial charge >= 0.3 is 0 Å². The number of anilines is 1. The fourth-order valence-electron chi connectivity index (χ4n) is 1.78. The summed E-state index contributed by atoms with van der Waals surface area (Å²) < 4.78 is 6.13. The minimum absolute atomic E-state index is 0.335. The highest BCUT2D eigenvalue weighted by Gasteiger charge is 2.15. The molecule has 0 radical (unpaired) electrons. The van der Waals surface area contributed by atoms with Crippen LogP contribution in [0.4, 0.5) is 5.82 Å². The van der Waals surface area contributed by atoms with E-state index in [4.69, 9.17) is 4.74 Å². The molecule has 5 nitrogen and oxygen atoms in total. The summed E-state index contributed by atoms with van der Waals surface area (Å²) in [6, 6.07) is 3.72. The number of pyridine rings is 1. The Morgan fingerprint density at radius 1 is 1.25 bits per heavy atom. The molecular formula is C14H17IN4O. The second kappa shape index (κ2) is 6.34. The molecule has 0 amide bonds. The number of halogens is 1. The van der Waals surface area contributed by atoms with Crippen LogP contribution < -0.4 is 10.1 Å². The fraction of sp³-hybridized carbons (Fsp3) is 0.357. The minimum Gasteiger partial charge on any atom is -0.481 e. The summed E-state index contributed by atoms with van der Waals surface area (Å²) in [5.74, 6) is 2.43. The predicted molar refractivity (Wildman–Crippen MR) is 88.2 cm³/mol. The van der Waals surface area contributed by atoms with Crippen LogP contribution in [0.2, 0.25) is 0 Å². The SMILES string of the molecule is CNc1nc(-c2ccc(OC)nc2)nc(C(C)C)c1I. The molecule has 0 fully saturated rings. The van der Waals surface area contributed by atoms with Gasteiger partial charge in [-0.3, -0.25) is 0 Å². The quantitative estimate of drug-likeness (QED) is 0.820. The average molecular weight is 384 g/mol. The number of rotatable bonds is 4. The fourth-order valence-corrected chi connectivity index (χ4v) is 2.91. The zero-order valence-electron chi connectivity index (χ0n) is 11.9. The Morgan fingerprint density at radius 2 is 2.00 bits per heavy atom. The van der Waals surface area contributed by atoms with Gasteiger partial charge in [0.15, 0.2) is 5.82 Å². The molecule has 0 aromatic carbocycles. The number of aromatic nitrogens is 3. The number of nitrogens with zero attached hydrogens (tertiary/aromatic N) is 3. The Bertz CT molecular complexity index is 599. The summed E-state index contributed by atoms with van der Waals surface area (Å²) in [6.45, 7) is 4.25. The van der Waals surface area contributed by atoms with Crippen molar-refractivity contribution in [3.63, 3.8) is 0 Å². The standard InChI is InChI=1S/C14H17IN4O/c1-8(2)12-11(15)14(16-3)19-13(18-12)9-5-6-10(20-4)17-7-9/h5-8H,1-4H3,(H,16,18,19). The van der Waals surface area contributed by atoms with Gasteiger partial charge in [-0.05, 0) is 34.6 Å². The van der Waals surface area contributed by atoms with Gasteiger partial charge in [0.2, 0.25) is 5.88 Å². The van der Waals surface area contributed by atoms with Crippen molar-refractivity contribution in [2.24, 2.45) is 0 Å². The van der Waals surface area contributed by atoms with E-state index in [0.29, 0.717) is 17.6 Å². The summed E-state index contributed by atoms with van der Waals surface area (Å²) in [5.41, 5.74) is 1.91. The van der Waals surface area contributed by atoms with Gasteiger partial charge in [-0.15, -0.1) is 0 Å². The van der Waals surface area contributed by atoms with Crippen molar-refractivity contribution in [1.82, 2.24) is 15.0 Å². The molecule has 6 heteroatoms. The van der Waals surface area contributed by atoms with E-state index in [2.05, 4.69) is 56.7 Å². The first-order valence-electron chi connectivity index (χ1n) is 6.32. The smallest absolute Gasteiger partial charge is 0.212 e. The van der Waals surface area contributed by atoms with Gasteiger partial charge < -0.3 is 10.1 Å². The third-order valence-corrected chi connectivity index (χ3v) is 3.93. The molecule has 0 bridgehead atoms. The monoisotopic (exact) mass is 384 g/mol. The first kappa shape index (κ1) is 15.0. The van der Waals surface area contributed by atoms with E-state index in [1.54, 1.807) is 13.3 Å². The first-order valence-corrected chi connectivity index (χ1v) is 7.40. The average Bonchev–Trinajstić information content (AvgIpc) is 2.47.